The number of benzene rings is 1. The number of hydrogen-bond acceptors (Lipinski definition) is 6. The molecule has 1 heterocycles. The molecule has 1 aromatic heterocycles. The van der Waals surface area contributed by atoms with E-state index in [-0.39, 0.29) is 23.5 Å². The summed E-state index contributed by atoms with van der Waals surface area (Å²) in [6, 6.07) is 4.39. The van der Waals surface area contributed by atoms with E-state index in [1.165, 1.54) is 18.2 Å². The molecule has 0 radical (unpaired) electrons. The third-order valence-electron chi connectivity index (χ3n) is 2.58. The van der Waals surface area contributed by atoms with E-state index in [9.17, 15) is 13.2 Å². The average molecular weight is 312 g/mol. The molecule has 0 aliphatic rings. The van der Waals surface area contributed by atoms with Crippen LogP contribution >= 0.6 is 0 Å². The molecule has 114 valence electrons. The third-order valence-corrected chi connectivity index (χ3v) is 3.69. The van der Waals surface area contributed by atoms with Crippen molar-refractivity contribution in [3.63, 3.8) is 0 Å². The fraction of sp³-hybridized carbons (Fsp3) is 0.417. The Labute approximate surface area is 122 Å². The summed E-state index contributed by atoms with van der Waals surface area (Å²) in [5.74, 6) is -0.298. The van der Waals surface area contributed by atoms with Crippen molar-refractivity contribution in [2.45, 2.75) is 24.8 Å². The Morgan fingerprint density at radius 3 is 2.76 bits per heavy atom. The Balaban J connectivity index is 2.23. The highest BCUT2D eigenvalue weighted by Gasteiger charge is 2.13. The zero-order chi connectivity index (χ0) is 15.6. The average Bonchev–Trinajstić information content (AvgIpc) is 2.76. The first-order valence-corrected chi connectivity index (χ1v) is 8.14. The van der Waals surface area contributed by atoms with Crippen LogP contribution in [-0.4, -0.2) is 48.4 Å². The molecule has 2 rings (SSSR count). The molecular formula is C12H16N4O4S. The first kappa shape index (κ1) is 15.2. The molecule has 1 amide bonds. The Bertz CT molecular complexity index is 767. The molecular weight excluding hydrogens is 296 g/mol. The molecule has 0 atom stereocenters. The molecule has 9 heteroatoms. The van der Waals surface area contributed by atoms with Crippen molar-refractivity contribution < 1.29 is 18.0 Å². The molecule has 0 aliphatic carbocycles. The molecule has 2 aromatic rings. The van der Waals surface area contributed by atoms with Gasteiger partial charge < -0.3 is 10.2 Å². The van der Waals surface area contributed by atoms with Crippen LogP contribution in [0.25, 0.3) is 11.0 Å². The van der Waals surface area contributed by atoms with Gasteiger partial charge in [0.15, 0.2) is 16.4 Å². The summed E-state index contributed by atoms with van der Waals surface area (Å²) in [7, 11) is -3.34. The maximum Gasteiger partial charge on any atom is 0.260 e. The number of rotatable bonds is 5. The van der Waals surface area contributed by atoms with Gasteiger partial charge >= 0.3 is 0 Å². The lowest BCUT2D eigenvalue weighted by molar-refractivity contribution is -0.126. The molecule has 0 aliphatic heterocycles. The van der Waals surface area contributed by atoms with E-state index in [2.05, 4.69) is 15.6 Å². The highest BCUT2D eigenvalue weighted by Crippen LogP contribution is 2.16. The molecule has 21 heavy (non-hydrogen) atoms. The number of nitrogens with one attached hydrogen (secondary N) is 1. The number of nitrogens with zero attached hydrogens (tertiary/aromatic N) is 3. The second-order valence-corrected chi connectivity index (χ2v) is 6.90. The molecule has 8 nitrogen and oxygen atoms in total. The molecule has 0 bridgehead atoms. The minimum Gasteiger partial charge on any atom is -0.385 e. The van der Waals surface area contributed by atoms with E-state index in [0.29, 0.717) is 11.0 Å². The first-order valence-electron chi connectivity index (χ1n) is 6.25. The van der Waals surface area contributed by atoms with Gasteiger partial charge in [0.05, 0.1) is 4.90 Å². The lowest BCUT2D eigenvalue weighted by atomic mass is 10.3. The van der Waals surface area contributed by atoms with Crippen LogP contribution in [0.1, 0.15) is 13.8 Å². The van der Waals surface area contributed by atoms with E-state index in [0.717, 1.165) is 11.1 Å². The summed E-state index contributed by atoms with van der Waals surface area (Å²) >= 11 is 0. The minimum absolute atomic E-state index is 0.00503. The van der Waals surface area contributed by atoms with Gasteiger partial charge in [0.25, 0.3) is 5.91 Å². The molecule has 0 spiro atoms. The predicted octanol–water partition coefficient (Wildman–Crippen LogP) is -0.212. The molecule has 0 saturated carbocycles. The van der Waals surface area contributed by atoms with Crippen molar-refractivity contribution >= 4 is 26.8 Å². The van der Waals surface area contributed by atoms with E-state index >= 15 is 0 Å². The summed E-state index contributed by atoms with van der Waals surface area (Å²) in [5, 5.41) is 10.2. The van der Waals surface area contributed by atoms with Crippen LogP contribution in [-0.2, 0) is 14.6 Å². The Kier molecular flexibility index (Phi) is 4.12. The fourth-order valence-electron chi connectivity index (χ4n) is 1.69. The van der Waals surface area contributed by atoms with Crippen LogP contribution in [0, 0.1) is 0 Å². The van der Waals surface area contributed by atoms with Crippen molar-refractivity contribution in [1.29, 1.82) is 0 Å². The summed E-state index contributed by atoms with van der Waals surface area (Å²) in [6.07, 6.45) is 1.11. The first-order chi connectivity index (χ1) is 9.77. The monoisotopic (exact) mass is 312 g/mol. The zero-order valence-corrected chi connectivity index (χ0v) is 12.7. The predicted molar refractivity (Wildman–Crippen MR) is 75.4 cm³/mol. The van der Waals surface area contributed by atoms with Crippen LogP contribution in [0.15, 0.2) is 23.1 Å². The minimum atomic E-state index is -3.34. The topological polar surface area (TPSA) is 103 Å². The van der Waals surface area contributed by atoms with Crippen LogP contribution in [0.5, 0.6) is 0 Å². The smallest absolute Gasteiger partial charge is 0.260 e. The van der Waals surface area contributed by atoms with Gasteiger partial charge in [0.2, 0.25) is 0 Å². The summed E-state index contributed by atoms with van der Waals surface area (Å²) in [6.45, 7) is 3.43. The van der Waals surface area contributed by atoms with E-state index in [1.807, 2.05) is 13.8 Å². The van der Waals surface area contributed by atoms with Crippen molar-refractivity contribution in [2.24, 2.45) is 0 Å². The maximum atomic E-state index is 11.5. The maximum absolute atomic E-state index is 11.5. The van der Waals surface area contributed by atoms with Gasteiger partial charge in [-0.2, -0.15) is 0 Å². The molecule has 0 saturated heterocycles. The van der Waals surface area contributed by atoms with Gasteiger partial charge in [0.1, 0.15) is 11.0 Å². The lowest BCUT2D eigenvalue weighted by Crippen LogP contribution is -2.36. The number of aromatic nitrogens is 3. The summed E-state index contributed by atoms with van der Waals surface area (Å²) in [4.78, 5) is 17.9. The number of amides is 1. The van der Waals surface area contributed by atoms with Crippen molar-refractivity contribution in [3.05, 3.63) is 18.2 Å². The van der Waals surface area contributed by atoms with Crippen molar-refractivity contribution in [3.8, 4) is 0 Å². The third kappa shape index (κ3) is 3.69. The Morgan fingerprint density at radius 1 is 1.43 bits per heavy atom. The molecule has 1 N–H and O–H groups in total. The quantitative estimate of drug-likeness (QED) is 0.819. The number of carbonyl (C=O) groups is 1. The number of sulfone groups is 1. The summed E-state index contributed by atoms with van der Waals surface area (Å²) in [5.41, 5.74) is 0.863. The van der Waals surface area contributed by atoms with Crippen LogP contribution in [0.4, 0.5) is 0 Å². The molecule has 1 aromatic carbocycles. The Hall–Kier alpha value is -2.16. The van der Waals surface area contributed by atoms with Crippen LogP contribution in [0.3, 0.4) is 0 Å². The lowest BCUT2D eigenvalue weighted by Gasteiger charge is -2.09. The normalized spacial score (nSPS) is 11.8. The van der Waals surface area contributed by atoms with Gasteiger partial charge in [-0.3, -0.25) is 4.79 Å². The second kappa shape index (κ2) is 5.68. The van der Waals surface area contributed by atoms with Crippen LogP contribution in [0.2, 0.25) is 0 Å². The summed E-state index contributed by atoms with van der Waals surface area (Å²) < 4.78 is 23.1. The standard InChI is InChI=1S/C12H16N4O4S/c1-8(2)13-12(17)7-20-16-11-6-9(21(3,18)19)4-5-10(11)14-15-16/h4-6,8H,7H2,1-3H3,(H,13,17). The number of carbonyl (C=O) groups excluding carboxylic acids is 1. The van der Waals surface area contributed by atoms with Crippen molar-refractivity contribution in [1.82, 2.24) is 20.5 Å². The van der Waals surface area contributed by atoms with Gasteiger partial charge in [-0.05, 0) is 37.3 Å². The van der Waals surface area contributed by atoms with Gasteiger partial charge in [-0.25, -0.2) is 8.42 Å². The second-order valence-electron chi connectivity index (χ2n) is 4.88. The van der Waals surface area contributed by atoms with Gasteiger partial charge in [0, 0.05) is 12.3 Å². The SMILES string of the molecule is CC(C)NC(=O)COn1nnc2ccc(S(C)(=O)=O)cc21. The van der Waals surface area contributed by atoms with Gasteiger partial charge in [-0.15, -0.1) is 5.10 Å². The van der Waals surface area contributed by atoms with Crippen molar-refractivity contribution in [2.75, 3.05) is 12.9 Å². The highest BCUT2D eigenvalue weighted by atomic mass is 32.2. The largest absolute Gasteiger partial charge is 0.385 e. The molecule has 0 fully saturated rings. The zero-order valence-electron chi connectivity index (χ0n) is 11.9. The Morgan fingerprint density at radius 2 is 2.14 bits per heavy atom. The number of fused-ring (bicyclic) bond motifs is 1. The fourth-order valence-corrected chi connectivity index (χ4v) is 2.33. The number of hydrogen-bond donors (Lipinski definition) is 1. The highest BCUT2D eigenvalue weighted by molar-refractivity contribution is 7.90. The van der Waals surface area contributed by atoms with E-state index in [1.54, 1.807) is 0 Å². The van der Waals surface area contributed by atoms with Crippen LogP contribution < -0.4 is 10.2 Å². The van der Waals surface area contributed by atoms with Gasteiger partial charge in [-0.1, -0.05) is 4.85 Å². The van der Waals surface area contributed by atoms with E-state index in [4.69, 9.17) is 4.84 Å². The molecule has 0 unspecified atom stereocenters. The van der Waals surface area contributed by atoms with E-state index < -0.39 is 9.84 Å².